The molecule has 2 nitrogen and oxygen atoms in total. The number of hydrogen-bond acceptors (Lipinski definition) is 3. The first kappa shape index (κ1) is 13.6. The summed E-state index contributed by atoms with van der Waals surface area (Å²) in [6.45, 7) is 0. The van der Waals surface area contributed by atoms with Crippen LogP contribution >= 0.6 is 27.3 Å². The number of nitrogens with two attached hydrogens (primary N) is 1. The van der Waals surface area contributed by atoms with Crippen LogP contribution in [0, 0.1) is 0 Å². The summed E-state index contributed by atoms with van der Waals surface area (Å²) in [7, 11) is 1.67. The van der Waals surface area contributed by atoms with Crippen LogP contribution in [0.5, 0.6) is 5.75 Å². The van der Waals surface area contributed by atoms with E-state index in [1.807, 2.05) is 18.2 Å². The summed E-state index contributed by atoms with van der Waals surface area (Å²) in [5, 5.41) is 4.27. The molecule has 2 aromatic rings. The van der Waals surface area contributed by atoms with Gasteiger partial charge < -0.3 is 10.5 Å². The maximum absolute atomic E-state index is 6.25. The van der Waals surface area contributed by atoms with Gasteiger partial charge in [-0.3, -0.25) is 0 Å². The van der Waals surface area contributed by atoms with Gasteiger partial charge in [0.25, 0.3) is 0 Å². The molecular formula is C14H16BrNOS. The van der Waals surface area contributed by atoms with E-state index < -0.39 is 0 Å². The zero-order valence-electron chi connectivity index (χ0n) is 10.2. The van der Waals surface area contributed by atoms with Gasteiger partial charge in [0.1, 0.15) is 5.75 Å². The molecule has 0 spiro atoms. The number of halogens is 1. The molecule has 0 amide bonds. The van der Waals surface area contributed by atoms with Crippen LogP contribution in [0.25, 0.3) is 0 Å². The number of ether oxygens (including phenoxy) is 1. The molecule has 0 aliphatic carbocycles. The number of benzene rings is 1. The number of hydrogen-bond donors (Lipinski definition) is 1. The van der Waals surface area contributed by atoms with Gasteiger partial charge in [0, 0.05) is 10.5 Å². The lowest BCUT2D eigenvalue weighted by Gasteiger charge is -2.14. The molecule has 1 heterocycles. The SMILES string of the molecule is COc1ccc(Br)c(C(N)CCc2ccsc2)c1. The molecule has 0 bridgehead atoms. The molecule has 0 saturated carbocycles. The molecule has 4 heteroatoms. The first-order valence-electron chi connectivity index (χ1n) is 5.81. The zero-order valence-corrected chi connectivity index (χ0v) is 12.6. The van der Waals surface area contributed by atoms with E-state index in [0.717, 1.165) is 28.6 Å². The summed E-state index contributed by atoms with van der Waals surface area (Å²) in [6.07, 6.45) is 1.94. The Morgan fingerprint density at radius 3 is 2.89 bits per heavy atom. The molecule has 1 atom stereocenters. The second kappa shape index (κ2) is 6.36. The summed E-state index contributed by atoms with van der Waals surface area (Å²) in [4.78, 5) is 0. The normalized spacial score (nSPS) is 12.4. The highest BCUT2D eigenvalue weighted by Gasteiger charge is 2.11. The molecule has 1 aromatic heterocycles. The van der Waals surface area contributed by atoms with Crippen molar-refractivity contribution in [3.05, 3.63) is 50.6 Å². The van der Waals surface area contributed by atoms with E-state index in [-0.39, 0.29) is 6.04 Å². The molecule has 0 aliphatic rings. The maximum Gasteiger partial charge on any atom is 0.119 e. The quantitative estimate of drug-likeness (QED) is 0.896. The molecule has 0 radical (unpaired) electrons. The molecule has 2 N–H and O–H groups in total. The Balaban J connectivity index is 2.05. The van der Waals surface area contributed by atoms with E-state index >= 15 is 0 Å². The summed E-state index contributed by atoms with van der Waals surface area (Å²) in [5.74, 6) is 0.846. The minimum Gasteiger partial charge on any atom is -0.497 e. The Hall–Kier alpha value is -0.840. The summed E-state index contributed by atoms with van der Waals surface area (Å²) in [6, 6.07) is 8.09. The second-order valence-electron chi connectivity index (χ2n) is 4.16. The molecule has 1 unspecified atom stereocenters. The molecule has 1 aromatic carbocycles. The van der Waals surface area contributed by atoms with E-state index in [0.29, 0.717) is 0 Å². The van der Waals surface area contributed by atoms with Gasteiger partial charge in [-0.25, -0.2) is 0 Å². The first-order valence-corrected chi connectivity index (χ1v) is 7.54. The highest BCUT2D eigenvalue weighted by Crippen LogP contribution is 2.29. The van der Waals surface area contributed by atoms with Crippen molar-refractivity contribution in [3.8, 4) is 5.75 Å². The molecule has 2 rings (SSSR count). The topological polar surface area (TPSA) is 35.2 Å². The van der Waals surface area contributed by atoms with E-state index in [4.69, 9.17) is 10.5 Å². The fraction of sp³-hybridized carbons (Fsp3) is 0.286. The fourth-order valence-corrected chi connectivity index (χ4v) is 3.09. The lowest BCUT2D eigenvalue weighted by molar-refractivity contribution is 0.413. The van der Waals surface area contributed by atoms with Crippen LogP contribution in [0.4, 0.5) is 0 Å². The van der Waals surface area contributed by atoms with Gasteiger partial charge >= 0.3 is 0 Å². The Morgan fingerprint density at radius 2 is 2.22 bits per heavy atom. The third kappa shape index (κ3) is 3.34. The van der Waals surface area contributed by atoms with Crippen molar-refractivity contribution in [2.45, 2.75) is 18.9 Å². The first-order chi connectivity index (χ1) is 8.70. The summed E-state index contributed by atoms with van der Waals surface area (Å²) >= 11 is 5.27. The third-order valence-electron chi connectivity index (χ3n) is 2.93. The van der Waals surface area contributed by atoms with Crippen LogP contribution in [0.2, 0.25) is 0 Å². The van der Waals surface area contributed by atoms with E-state index in [1.54, 1.807) is 18.4 Å². The zero-order chi connectivity index (χ0) is 13.0. The van der Waals surface area contributed by atoms with Crippen molar-refractivity contribution in [2.75, 3.05) is 7.11 Å². The van der Waals surface area contributed by atoms with Crippen LogP contribution in [-0.4, -0.2) is 7.11 Å². The van der Waals surface area contributed by atoms with Gasteiger partial charge in [0.2, 0.25) is 0 Å². The number of rotatable bonds is 5. The van der Waals surface area contributed by atoms with Crippen LogP contribution < -0.4 is 10.5 Å². The minimum atomic E-state index is 0.0226. The fourth-order valence-electron chi connectivity index (χ4n) is 1.85. The van der Waals surface area contributed by atoms with Crippen LogP contribution in [-0.2, 0) is 6.42 Å². The predicted octanol–water partition coefficient (Wildman–Crippen LogP) is 4.15. The van der Waals surface area contributed by atoms with Crippen molar-refractivity contribution in [3.63, 3.8) is 0 Å². The van der Waals surface area contributed by atoms with Gasteiger partial charge in [-0.05, 0) is 59.0 Å². The molecular weight excluding hydrogens is 310 g/mol. The second-order valence-corrected chi connectivity index (χ2v) is 5.80. The smallest absolute Gasteiger partial charge is 0.119 e. The van der Waals surface area contributed by atoms with Gasteiger partial charge in [-0.1, -0.05) is 15.9 Å². The molecule has 18 heavy (non-hydrogen) atoms. The van der Waals surface area contributed by atoms with E-state index in [1.165, 1.54) is 5.56 Å². The van der Waals surface area contributed by atoms with Gasteiger partial charge in [-0.15, -0.1) is 0 Å². The molecule has 0 saturated heterocycles. The Bertz CT molecular complexity index is 499. The standard InChI is InChI=1S/C14H16BrNOS/c1-17-11-3-4-13(15)12(8-11)14(16)5-2-10-6-7-18-9-10/h3-4,6-9,14H,2,5,16H2,1H3. The minimum absolute atomic E-state index is 0.0226. The van der Waals surface area contributed by atoms with Gasteiger partial charge in [0.15, 0.2) is 0 Å². The van der Waals surface area contributed by atoms with Crippen molar-refractivity contribution in [2.24, 2.45) is 5.73 Å². The van der Waals surface area contributed by atoms with Crippen molar-refractivity contribution in [1.29, 1.82) is 0 Å². The maximum atomic E-state index is 6.25. The van der Waals surface area contributed by atoms with Crippen molar-refractivity contribution < 1.29 is 4.74 Å². The Labute approximate surface area is 120 Å². The van der Waals surface area contributed by atoms with E-state index in [9.17, 15) is 0 Å². The average molecular weight is 326 g/mol. The van der Waals surface area contributed by atoms with Gasteiger partial charge in [-0.2, -0.15) is 11.3 Å². The lowest BCUT2D eigenvalue weighted by Crippen LogP contribution is -2.12. The molecule has 96 valence electrons. The summed E-state index contributed by atoms with van der Waals surface area (Å²) in [5.41, 5.74) is 8.71. The monoisotopic (exact) mass is 325 g/mol. The molecule has 0 aliphatic heterocycles. The van der Waals surface area contributed by atoms with Crippen LogP contribution in [0.3, 0.4) is 0 Å². The Morgan fingerprint density at radius 1 is 1.39 bits per heavy atom. The average Bonchev–Trinajstić information content (AvgIpc) is 2.89. The van der Waals surface area contributed by atoms with Crippen molar-refractivity contribution in [1.82, 2.24) is 0 Å². The summed E-state index contributed by atoms with van der Waals surface area (Å²) < 4.78 is 6.28. The number of thiophene rings is 1. The molecule has 0 fully saturated rings. The number of methoxy groups -OCH3 is 1. The van der Waals surface area contributed by atoms with Gasteiger partial charge in [0.05, 0.1) is 7.11 Å². The predicted molar refractivity (Wildman–Crippen MR) is 80.3 cm³/mol. The highest BCUT2D eigenvalue weighted by molar-refractivity contribution is 9.10. The third-order valence-corrected chi connectivity index (χ3v) is 4.38. The van der Waals surface area contributed by atoms with Crippen LogP contribution in [0.1, 0.15) is 23.6 Å². The largest absolute Gasteiger partial charge is 0.497 e. The highest BCUT2D eigenvalue weighted by atomic mass is 79.9. The lowest BCUT2D eigenvalue weighted by atomic mass is 10.0. The van der Waals surface area contributed by atoms with E-state index in [2.05, 4.69) is 32.8 Å². The Kier molecular flexibility index (Phi) is 4.80. The van der Waals surface area contributed by atoms with Crippen LogP contribution in [0.15, 0.2) is 39.5 Å². The van der Waals surface area contributed by atoms with Crippen molar-refractivity contribution >= 4 is 27.3 Å². The number of aryl methyl sites for hydroxylation is 1.